The van der Waals surface area contributed by atoms with Crippen LogP contribution in [0.5, 0.6) is 0 Å². The molecule has 2 aliphatic carbocycles. The van der Waals surface area contributed by atoms with Crippen LogP contribution in [-0.4, -0.2) is 45.9 Å². The van der Waals surface area contributed by atoms with Gasteiger partial charge < -0.3 is 5.11 Å². The summed E-state index contributed by atoms with van der Waals surface area (Å²) in [6.07, 6.45) is 6.91. The Morgan fingerprint density at radius 2 is 1.81 bits per heavy atom. The Kier molecular flexibility index (Phi) is 3.97. The van der Waals surface area contributed by atoms with E-state index >= 15 is 0 Å². The van der Waals surface area contributed by atoms with Crippen LogP contribution in [0, 0.1) is 5.92 Å². The molecule has 1 saturated heterocycles. The Hall–Kier alpha value is -1.43. The molecule has 2 amide bonds. The van der Waals surface area contributed by atoms with Crippen molar-refractivity contribution in [2.75, 3.05) is 0 Å². The maximum Gasteiger partial charge on any atom is 0.321 e. The first-order valence-electron chi connectivity index (χ1n) is 7.92. The molecule has 0 aromatic heterocycles. The predicted molar refractivity (Wildman–Crippen MR) is 74.4 cm³/mol. The molecular formula is C15H22N2O4. The summed E-state index contributed by atoms with van der Waals surface area (Å²) in [6.45, 7) is 0. The maximum absolute atomic E-state index is 12.5. The molecule has 0 aromatic carbocycles. The first-order chi connectivity index (χ1) is 10.1. The topological polar surface area (TPSA) is 86.7 Å². The molecule has 0 bridgehead atoms. The number of carbonyl (C=O) groups is 3. The first kappa shape index (κ1) is 14.5. The largest absolute Gasteiger partial charge is 0.480 e. The second-order valence-corrected chi connectivity index (χ2v) is 6.47. The lowest BCUT2D eigenvalue weighted by Gasteiger charge is -2.30. The summed E-state index contributed by atoms with van der Waals surface area (Å²) in [5.74, 6) is -1.19. The Bertz CT molecular complexity index is 455. The number of carboxylic acid groups (broad SMARTS) is 1. The molecule has 2 N–H and O–H groups in total. The van der Waals surface area contributed by atoms with Crippen molar-refractivity contribution in [2.24, 2.45) is 5.92 Å². The lowest BCUT2D eigenvalue weighted by molar-refractivity contribution is -0.142. The third kappa shape index (κ3) is 2.95. The van der Waals surface area contributed by atoms with Gasteiger partial charge in [0.1, 0.15) is 6.04 Å². The highest BCUT2D eigenvalue weighted by molar-refractivity contribution is 6.06. The van der Waals surface area contributed by atoms with Gasteiger partial charge >= 0.3 is 5.97 Å². The summed E-state index contributed by atoms with van der Waals surface area (Å²) in [6, 6.07) is -1.33. The van der Waals surface area contributed by atoms with Crippen molar-refractivity contribution < 1.29 is 19.5 Å². The summed E-state index contributed by atoms with van der Waals surface area (Å²) in [5, 5.41) is 12.2. The zero-order valence-corrected chi connectivity index (χ0v) is 12.1. The number of carbonyl (C=O) groups excluding carboxylic acids is 2. The fraction of sp³-hybridized carbons (Fsp3) is 0.800. The van der Waals surface area contributed by atoms with Crippen LogP contribution in [-0.2, 0) is 14.4 Å². The average molecular weight is 294 g/mol. The van der Waals surface area contributed by atoms with Gasteiger partial charge in [-0.15, -0.1) is 0 Å². The van der Waals surface area contributed by atoms with Crippen molar-refractivity contribution in [3.8, 4) is 0 Å². The molecule has 21 heavy (non-hydrogen) atoms. The van der Waals surface area contributed by atoms with Crippen LogP contribution < -0.4 is 5.32 Å². The molecule has 2 atom stereocenters. The highest BCUT2D eigenvalue weighted by atomic mass is 16.4. The normalized spacial score (nSPS) is 29.0. The summed E-state index contributed by atoms with van der Waals surface area (Å²) in [7, 11) is 0. The van der Waals surface area contributed by atoms with Crippen LogP contribution in [0.15, 0.2) is 0 Å². The number of amides is 2. The van der Waals surface area contributed by atoms with E-state index in [2.05, 4.69) is 5.32 Å². The highest BCUT2D eigenvalue weighted by Gasteiger charge is 2.46. The van der Waals surface area contributed by atoms with Gasteiger partial charge in [0.15, 0.2) is 0 Å². The average Bonchev–Trinajstić information content (AvgIpc) is 3.24. The van der Waals surface area contributed by atoms with Gasteiger partial charge in [-0.3, -0.25) is 24.6 Å². The molecular weight excluding hydrogens is 272 g/mol. The van der Waals surface area contributed by atoms with E-state index in [0.29, 0.717) is 0 Å². The van der Waals surface area contributed by atoms with Gasteiger partial charge in [-0.2, -0.15) is 0 Å². The number of aliphatic carboxylic acids is 1. The van der Waals surface area contributed by atoms with Gasteiger partial charge in [0.05, 0.1) is 12.5 Å². The smallest absolute Gasteiger partial charge is 0.321 e. The van der Waals surface area contributed by atoms with Crippen LogP contribution in [0.25, 0.3) is 0 Å². The second kappa shape index (κ2) is 5.75. The molecule has 2 unspecified atom stereocenters. The van der Waals surface area contributed by atoms with Crippen LogP contribution in [0.3, 0.4) is 0 Å². The molecule has 0 radical (unpaired) electrons. The van der Waals surface area contributed by atoms with Crippen LogP contribution in [0.1, 0.15) is 51.4 Å². The molecule has 6 nitrogen and oxygen atoms in total. The number of nitrogens with zero attached hydrogens (tertiary/aromatic N) is 1. The van der Waals surface area contributed by atoms with E-state index in [1.54, 1.807) is 0 Å². The Morgan fingerprint density at radius 3 is 2.38 bits per heavy atom. The molecule has 1 aliphatic heterocycles. The van der Waals surface area contributed by atoms with Crippen molar-refractivity contribution >= 4 is 17.8 Å². The van der Waals surface area contributed by atoms with Gasteiger partial charge in [0, 0.05) is 6.04 Å². The quantitative estimate of drug-likeness (QED) is 0.736. The molecule has 3 rings (SSSR count). The lowest BCUT2D eigenvalue weighted by Crippen LogP contribution is -2.50. The number of nitrogens with one attached hydrogen (secondary N) is 1. The molecule has 3 fully saturated rings. The lowest BCUT2D eigenvalue weighted by atomic mass is 9.94. The zero-order valence-electron chi connectivity index (χ0n) is 12.1. The first-order valence-corrected chi connectivity index (χ1v) is 7.92. The molecule has 2 saturated carbocycles. The van der Waals surface area contributed by atoms with Crippen molar-refractivity contribution in [3.63, 3.8) is 0 Å². The Labute approximate surface area is 123 Å². The monoisotopic (exact) mass is 294 g/mol. The summed E-state index contributed by atoms with van der Waals surface area (Å²) < 4.78 is 0. The van der Waals surface area contributed by atoms with Crippen LogP contribution in [0.2, 0.25) is 0 Å². The molecule has 0 aromatic rings. The Morgan fingerprint density at radius 1 is 1.14 bits per heavy atom. The van der Waals surface area contributed by atoms with E-state index in [1.165, 1.54) is 4.90 Å². The number of likely N-dealkylation sites (tertiary alicyclic amines) is 1. The maximum atomic E-state index is 12.5. The second-order valence-electron chi connectivity index (χ2n) is 6.47. The molecule has 0 spiro atoms. The number of imide groups is 1. The van der Waals surface area contributed by atoms with Crippen LogP contribution in [0.4, 0.5) is 0 Å². The van der Waals surface area contributed by atoms with E-state index < -0.39 is 18.1 Å². The van der Waals surface area contributed by atoms with E-state index in [9.17, 15) is 19.5 Å². The molecule has 1 heterocycles. The summed E-state index contributed by atoms with van der Waals surface area (Å²) in [5.41, 5.74) is 0. The van der Waals surface area contributed by atoms with Crippen molar-refractivity contribution in [1.29, 1.82) is 0 Å². The van der Waals surface area contributed by atoms with Gasteiger partial charge in [-0.25, -0.2) is 0 Å². The van der Waals surface area contributed by atoms with Crippen molar-refractivity contribution in [1.82, 2.24) is 10.2 Å². The van der Waals surface area contributed by atoms with Gasteiger partial charge in [-0.1, -0.05) is 19.3 Å². The van der Waals surface area contributed by atoms with Gasteiger partial charge in [0.2, 0.25) is 11.8 Å². The standard InChI is InChI=1S/C15H22N2O4/c18-12-8-11(16-13(15(20)21)9-6-7-9)14(19)17(12)10-4-2-1-3-5-10/h9-11,13,16H,1-8H2,(H,20,21). The fourth-order valence-electron chi connectivity index (χ4n) is 3.56. The van der Waals surface area contributed by atoms with E-state index in [1.807, 2.05) is 0 Å². The zero-order chi connectivity index (χ0) is 15.0. The molecule has 116 valence electrons. The van der Waals surface area contributed by atoms with E-state index in [0.717, 1.165) is 44.9 Å². The third-order valence-electron chi connectivity index (χ3n) is 4.86. The van der Waals surface area contributed by atoms with Gasteiger partial charge in [0.25, 0.3) is 0 Å². The van der Waals surface area contributed by atoms with Crippen LogP contribution >= 0.6 is 0 Å². The minimum Gasteiger partial charge on any atom is -0.480 e. The minimum absolute atomic E-state index is 0.0229. The number of carboxylic acids is 1. The highest BCUT2D eigenvalue weighted by Crippen LogP contribution is 2.34. The van der Waals surface area contributed by atoms with Crippen molar-refractivity contribution in [3.05, 3.63) is 0 Å². The summed E-state index contributed by atoms with van der Waals surface area (Å²) >= 11 is 0. The molecule has 3 aliphatic rings. The van der Waals surface area contributed by atoms with Crippen molar-refractivity contribution in [2.45, 2.75) is 69.5 Å². The van der Waals surface area contributed by atoms with Gasteiger partial charge in [-0.05, 0) is 31.6 Å². The predicted octanol–water partition coefficient (Wildman–Crippen LogP) is 0.899. The van der Waals surface area contributed by atoms with E-state index in [4.69, 9.17) is 0 Å². The SMILES string of the molecule is O=C(O)C(NC1CC(=O)N(C2CCCCC2)C1=O)C1CC1. The van der Waals surface area contributed by atoms with E-state index in [-0.39, 0.29) is 30.2 Å². The number of hydrogen-bond donors (Lipinski definition) is 2. The summed E-state index contributed by atoms with van der Waals surface area (Å²) in [4.78, 5) is 37.3. The molecule has 6 heteroatoms. The third-order valence-corrected chi connectivity index (χ3v) is 4.86. The minimum atomic E-state index is -0.922. The Balaban J connectivity index is 1.66. The number of hydrogen-bond acceptors (Lipinski definition) is 4. The fourth-order valence-corrected chi connectivity index (χ4v) is 3.56. The number of rotatable bonds is 5.